The number of rotatable bonds is 6. The van der Waals surface area contributed by atoms with Gasteiger partial charge in [0.1, 0.15) is 0 Å². The van der Waals surface area contributed by atoms with Crippen LogP contribution in [0.5, 0.6) is 0 Å². The van der Waals surface area contributed by atoms with Crippen LogP contribution >= 0.6 is 11.8 Å². The Labute approximate surface area is 174 Å². The lowest BCUT2D eigenvalue weighted by molar-refractivity contribution is 0.884. The fourth-order valence-corrected chi connectivity index (χ4v) is 4.02. The SMILES string of the molecule is CCc1ccc(-n2c(SCc3ccccc3C#N)nnc2-c2ccncc2)cc1. The van der Waals surface area contributed by atoms with Crippen molar-refractivity contribution in [2.75, 3.05) is 0 Å². The second kappa shape index (κ2) is 8.72. The number of benzene rings is 2. The van der Waals surface area contributed by atoms with Crippen LogP contribution in [0.4, 0.5) is 0 Å². The van der Waals surface area contributed by atoms with Gasteiger partial charge >= 0.3 is 0 Å². The average molecular weight is 398 g/mol. The van der Waals surface area contributed by atoms with E-state index < -0.39 is 0 Å². The Bertz CT molecular complexity index is 1140. The maximum absolute atomic E-state index is 9.35. The Morgan fingerprint density at radius 3 is 2.45 bits per heavy atom. The molecule has 4 rings (SSSR count). The van der Waals surface area contributed by atoms with Crippen LogP contribution in [0.3, 0.4) is 0 Å². The van der Waals surface area contributed by atoms with Gasteiger partial charge in [0.2, 0.25) is 0 Å². The number of aromatic nitrogens is 4. The van der Waals surface area contributed by atoms with Gasteiger partial charge in [0.15, 0.2) is 11.0 Å². The fourth-order valence-electron chi connectivity index (χ4n) is 3.06. The summed E-state index contributed by atoms with van der Waals surface area (Å²) in [4.78, 5) is 4.10. The summed E-state index contributed by atoms with van der Waals surface area (Å²) in [5, 5.41) is 19.1. The summed E-state index contributed by atoms with van der Waals surface area (Å²) >= 11 is 1.57. The Hall–Kier alpha value is -3.43. The Balaban J connectivity index is 1.73. The minimum absolute atomic E-state index is 0.644. The van der Waals surface area contributed by atoms with Crippen LogP contribution in [0, 0.1) is 11.3 Å². The quantitative estimate of drug-likeness (QED) is 0.426. The van der Waals surface area contributed by atoms with Gasteiger partial charge in [-0.25, -0.2) is 0 Å². The van der Waals surface area contributed by atoms with Crippen LogP contribution < -0.4 is 0 Å². The molecule has 0 bridgehead atoms. The second-order valence-electron chi connectivity index (χ2n) is 6.46. The third-order valence-corrected chi connectivity index (χ3v) is 5.65. The molecule has 0 saturated carbocycles. The fraction of sp³-hybridized carbons (Fsp3) is 0.130. The summed E-state index contributed by atoms with van der Waals surface area (Å²) in [6.07, 6.45) is 4.50. The zero-order valence-corrected chi connectivity index (χ0v) is 16.8. The van der Waals surface area contributed by atoms with Crippen molar-refractivity contribution in [2.45, 2.75) is 24.3 Å². The van der Waals surface area contributed by atoms with Crippen LogP contribution in [0.2, 0.25) is 0 Å². The van der Waals surface area contributed by atoms with Crippen molar-refractivity contribution in [3.63, 3.8) is 0 Å². The van der Waals surface area contributed by atoms with E-state index in [4.69, 9.17) is 0 Å². The lowest BCUT2D eigenvalue weighted by Crippen LogP contribution is -2.00. The van der Waals surface area contributed by atoms with Gasteiger partial charge in [0.25, 0.3) is 0 Å². The molecule has 0 fully saturated rings. The van der Waals surface area contributed by atoms with Crippen LogP contribution in [0.15, 0.2) is 78.2 Å². The predicted molar refractivity (Wildman–Crippen MR) is 115 cm³/mol. The molecule has 5 nitrogen and oxygen atoms in total. The number of thioether (sulfide) groups is 1. The molecule has 29 heavy (non-hydrogen) atoms. The third kappa shape index (κ3) is 4.05. The van der Waals surface area contributed by atoms with Crippen molar-refractivity contribution >= 4 is 11.8 Å². The zero-order valence-electron chi connectivity index (χ0n) is 16.0. The van der Waals surface area contributed by atoms with Gasteiger partial charge in [-0.15, -0.1) is 10.2 Å². The van der Waals surface area contributed by atoms with E-state index in [1.54, 1.807) is 24.2 Å². The van der Waals surface area contributed by atoms with Gasteiger partial charge in [-0.1, -0.05) is 49.0 Å². The van der Waals surface area contributed by atoms with Crippen molar-refractivity contribution in [3.05, 3.63) is 89.7 Å². The van der Waals surface area contributed by atoms with Gasteiger partial charge < -0.3 is 0 Å². The molecular weight excluding hydrogens is 378 g/mol. The van der Waals surface area contributed by atoms with Crippen LogP contribution in [-0.2, 0) is 12.2 Å². The summed E-state index contributed by atoms with van der Waals surface area (Å²) in [5.41, 5.74) is 4.92. The number of hydrogen-bond donors (Lipinski definition) is 0. The molecule has 2 aromatic carbocycles. The highest BCUT2D eigenvalue weighted by Crippen LogP contribution is 2.30. The van der Waals surface area contributed by atoms with Crippen molar-refractivity contribution in [2.24, 2.45) is 0 Å². The maximum atomic E-state index is 9.35. The summed E-state index contributed by atoms with van der Waals surface area (Å²) in [7, 11) is 0. The Kier molecular flexibility index (Phi) is 5.68. The minimum Gasteiger partial charge on any atom is -0.270 e. The predicted octanol–water partition coefficient (Wildman–Crippen LogP) is 5.06. The normalized spacial score (nSPS) is 10.6. The Morgan fingerprint density at radius 2 is 1.72 bits per heavy atom. The zero-order chi connectivity index (χ0) is 20.1. The van der Waals surface area contributed by atoms with Gasteiger partial charge in [-0.05, 0) is 47.9 Å². The second-order valence-corrected chi connectivity index (χ2v) is 7.40. The topological polar surface area (TPSA) is 67.4 Å². The molecule has 4 aromatic rings. The van der Waals surface area contributed by atoms with Gasteiger partial charge in [-0.2, -0.15) is 5.26 Å². The molecular formula is C23H19N5S. The molecule has 0 atom stereocenters. The van der Waals surface area contributed by atoms with E-state index in [2.05, 4.69) is 57.0 Å². The minimum atomic E-state index is 0.644. The number of nitrogens with zero attached hydrogens (tertiary/aromatic N) is 5. The molecule has 0 N–H and O–H groups in total. The summed E-state index contributed by atoms with van der Waals surface area (Å²) in [6.45, 7) is 2.14. The molecule has 0 aliphatic rings. The molecule has 6 heteroatoms. The van der Waals surface area contributed by atoms with Gasteiger partial charge in [-0.3, -0.25) is 9.55 Å². The van der Waals surface area contributed by atoms with E-state index in [0.717, 1.165) is 34.2 Å². The molecule has 0 aliphatic heterocycles. The van der Waals surface area contributed by atoms with Crippen LogP contribution in [0.25, 0.3) is 17.1 Å². The van der Waals surface area contributed by atoms with Crippen molar-refractivity contribution < 1.29 is 0 Å². The molecule has 0 unspecified atom stereocenters. The summed E-state index contributed by atoms with van der Waals surface area (Å²) < 4.78 is 2.06. The highest BCUT2D eigenvalue weighted by molar-refractivity contribution is 7.98. The number of nitriles is 1. The van der Waals surface area contributed by atoms with E-state index >= 15 is 0 Å². The maximum Gasteiger partial charge on any atom is 0.196 e. The van der Waals surface area contributed by atoms with E-state index in [-0.39, 0.29) is 0 Å². The summed E-state index contributed by atoms with van der Waals surface area (Å²) in [6, 6.07) is 22.2. The summed E-state index contributed by atoms with van der Waals surface area (Å²) in [5.74, 6) is 1.42. The average Bonchev–Trinajstić information content (AvgIpc) is 3.22. The highest BCUT2D eigenvalue weighted by atomic mass is 32.2. The van der Waals surface area contributed by atoms with E-state index in [0.29, 0.717) is 11.3 Å². The molecule has 2 heterocycles. The molecule has 142 valence electrons. The van der Waals surface area contributed by atoms with Crippen molar-refractivity contribution in [1.29, 1.82) is 5.26 Å². The third-order valence-electron chi connectivity index (χ3n) is 4.67. The first-order valence-electron chi connectivity index (χ1n) is 9.36. The van der Waals surface area contributed by atoms with Crippen molar-refractivity contribution in [1.82, 2.24) is 19.7 Å². The van der Waals surface area contributed by atoms with E-state index in [9.17, 15) is 5.26 Å². The molecule has 2 aromatic heterocycles. The Morgan fingerprint density at radius 1 is 0.966 bits per heavy atom. The number of pyridine rings is 1. The van der Waals surface area contributed by atoms with Crippen LogP contribution in [-0.4, -0.2) is 19.7 Å². The smallest absolute Gasteiger partial charge is 0.196 e. The largest absolute Gasteiger partial charge is 0.270 e. The van der Waals surface area contributed by atoms with Crippen molar-refractivity contribution in [3.8, 4) is 23.1 Å². The number of hydrogen-bond acceptors (Lipinski definition) is 5. The van der Waals surface area contributed by atoms with Gasteiger partial charge in [0, 0.05) is 29.4 Å². The number of aryl methyl sites for hydroxylation is 1. The molecule has 0 amide bonds. The van der Waals surface area contributed by atoms with E-state index in [1.165, 1.54) is 5.56 Å². The first-order valence-corrected chi connectivity index (χ1v) is 10.3. The molecule has 0 aliphatic carbocycles. The van der Waals surface area contributed by atoms with Crippen LogP contribution in [0.1, 0.15) is 23.6 Å². The standard InChI is InChI=1S/C23H19N5S/c1-2-17-7-9-21(10-8-17)28-22(18-11-13-25-14-12-18)26-27-23(28)29-16-20-6-4-3-5-19(20)15-24/h3-14H,2,16H2,1H3. The van der Waals surface area contributed by atoms with E-state index in [1.807, 2.05) is 36.4 Å². The molecule has 0 spiro atoms. The molecule has 0 saturated heterocycles. The molecule has 0 radical (unpaired) electrons. The first kappa shape index (κ1) is 18.9. The highest BCUT2D eigenvalue weighted by Gasteiger charge is 2.16. The van der Waals surface area contributed by atoms with Gasteiger partial charge in [0.05, 0.1) is 11.6 Å². The lowest BCUT2D eigenvalue weighted by Gasteiger charge is -2.11. The first-order chi connectivity index (χ1) is 14.3. The monoisotopic (exact) mass is 397 g/mol. The lowest BCUT2D eigenvalue weighted by atomic mass is 10.1.